The van der Waals surface area contributed by atoms with Crippen molar-refractivity contribution in [2.45, 2.75) is 18.7 Å². The minimum absolute atomic E-state index is 0.236. The van der Waals surface area contributed by atoms with Gasteiger partial charge in [0.25, 0.3) is 0 Å². The van der Waals surface area contributed by atoms with Crippen LogP contribution in [0.25, 0.3) is 21.7 Å². The summed E-state index contributed by atoms with van der Waals surface area (Å²) in [5.74, 6) is 1.51. The number of nitrogens with two attached hydrogens (primary N) is 1. The summed E-state index contributed by atoms with van der Waals surface area (Å²) in [6, 6.07) is 6.38. The van der Waals surface area contributed by atoms with Gasteiger partial charge in [-0.2, -0.15) is 0 Å². The Morgan fingerprint density at radius 2 is 1.82 bits per heavy atom. The van der Waals surface area contributed by atoms with E-state index >= 15 is 0 Å². The Hall–Kier alpha value is -3.05. The Morgan fingerprint density at radius 3 is 2.43 bits per heavy atom. The van der Waals surface area contributed by atoms with Crippen LogP contribution in [0.4, 0.5) is 16.6 Å². The molecule has 9 nitrogen and oxygen atoms in total. The molecule has 0 fully saturated rings. The molecule has 0 aliphatic heterocycles. The normalized spacial score (nSPS) is 11.8. The molecule has 0 aliphatic carbocycles. The molecule has 0 saturated heterocycles. The first-order valence-electron chi connectivity index (χ1n) is 8.17. The largest absolute Gasteiger partial charge is 0.375 e. The van der Waals surface area contributed by atoms with Crippen LogP contribution in [0, 0.1) is 13.8 Å². The highest BCUT2D eigenvalue weighted by Gasteiger charge is 2.19. The molecule has 0 aliphatic rings. The topological polar surface area (TPSA) is 137 Å². The highest BCUT2D eigenvalue weighted by Crippen LogP contribution is 2.33. The molecule has 0 atom stereocenters. The molecule has 144 valence electrons. The lowest BCUT2D eigenvalue weighted by atomic mass is 10.2. The third-order valence-electron chi connectivity index (χ3n) is 4.08. The molecule has 0 spiro atoms. The number of rotatable bonds is 4. The molecular formula is C17H16N6O3S2. The summed E-state index contributed by atoms with van der Waals surface area (Å²) < 4.78 is 28.5. The minimum Gasteiger partial charge on any atom is -0.375 e. The van der Waals surface area contributed by atoms with Crippen molar-refractivity contribution in [2.24, 2.45) is 0 Å². The lowest BCUT2D eigenvalue weighted by Gasteiger charge is -2.09. The van der Waals surface area contributed by atoms with Crippen molar-refractivity contribution >= 4 is 48.2 Å². The summed E-state index contributed by atoms with van der Waals surface area (Å²) >= 11 is 1.25. The molecule has 11 heteroatoms. The van der Waals surface area contributed by atoms with E-state index in [1.165, 1.54) is 23.5 Å². The van der Waals surface area contributed by atoms with Gasteiger partial charge < -0.3 is 15.6 Å². The lowest BCUT2D eigenvalue weighted by molar-refractivity contribution is 0.393. The maximum Gasteiger partial charge on any atom is 0.182 e. The molecule has 4 rings (SSSR count). The number of hydrogen-bond donors (Lipinski definition) is 2. The molecule has 0 bridgehead atoms. The predicted octanol–water partition coefficient (Wildman–Crippen LogP) is 3.09. The van der Waals surface area contributed by atoms with Gasteiger partial charge in [-0.25, -0.2) is 23.4 Å². The second-order valence-corrected chi connectivity index (χ2v) is 9.25. The number of benzene rings is 1. The van der Waals surface area contributed by atoms with Gasteiger partial charge in [0.15, 0.2) is 31.4 Å². The van der Waals surface area contributed by atoms with Crippen molar-refractivity contribution in [3.63, 3.8) is 0 Å². The highest BCUT2D eigenvalue weighted by atomic mass is 32.2. The molecule has 1 aromatic carbocycles. The number of fused-ring (bicyclic) bond motifs is 1. The smallest absolute Gasteiger partial charge is 0.182 e. The van der Waals surface area contributed by atoms with Gasteiger partial charge >= 0.3 is 0 Å². The fourth-order valence-corrected chi connectivity index (χ4v) is 4.10. The summed E-state index contributed by atoms with van der Waals surface area (Å²) in [4.78, 5) is 14.3. The van der Waals surface area contributed by atoms with Gasteiger partial charge in [0.1, 0.15) is 11.3 Å². The number of aromatic nitrogens is 4. The van der Waals surface area contributed by atoms with Crippen LogP contribution in [0.3, 0.4) is 0 Å². The first-order chi connectivity index (χ1) is 13.2. The van der Waals surface area contributed by atoms with E-state index in [1.807, 2.05) is 6.92 Å². The van der Waals surface area contributed by atoms with Crippen LogP contribution < -0.4 is 11.1 Å². The number of nitrogen functional groups attached to an aromatic ring is 1. The number of hydrogen-bond acceptors (Lipinski definition) is 10. The number of nitrogens with zero attached hydrogens (tertiary/aromatic N) is 4. The Morgan fingerprint density at radius 1 is 1.11 bits per heavy atom. The average molecular weight is 416 g/mol. The number of aryl methyl sites for hydroxylation is 2. The molecule has 4 aromatic rings. The number of sulfone groups is 1. The first-order valence-corrected chi connectivity index (χ1v) is 10.9. The van der Waals surface area contributed by atoms with Crippen molar-refractivity contribution in [3.8, 4) is 11.4 Å². The van der Waals surface area contributed by atoms with E-state index in [9.17, 15) is 8.42 Å². The Balaban J connectivity index is 1.82. The number of thiazole rings is 1. The fourth-order valence-electron chi connectivity index (χ4n) is 2.76. The van der Waals surface area contributed by atoms with Gasteiger partial charge in [0.2, 0.25) is 0 Å². The molecule has 3 aromatic heterocycles. The van der Waals surface area contributed by atoms with Crippen LogP contribution >= 0.6 is 11.3 Å². The van der Waals surface area contributed by atoms with Gasteiger partial charge in [0.05, 0.1) is 16.2 Å². The third kappa shape index (κ3) is 3.29. The minimum atomic E-state index is -3.27. The first kappa shape index (κ1) is 18.3. The average Bonchev–Trinajstić information content (AvgIpc) is 3.16. The summed E-state index contributed by atoms with van der Waals surface area (Å²) in [5, 5.41) is 7.50. The zero-order valence-electron chi connectivity index (χ0n) is 15.2. The van der Waals surface area contributed by atoms with Crippen LogP contribution in [0.5, 0.6) is 0 Å². The van der Waals surface area contributed by atoms with E-state index in [1.54, 1.807) is 19.1 Å². The van der Waals surface area contributed by atoms with E-state index in [2.05, 4.69) is 25.4 Å². The molecule has 0 unspecified atom stereocenters. The van der Waals surface area contributed by atoms with Gasteiger partial charge in [-0.05, 0) is 38.1 Å². The van der Waals surface area contributed by atoms with Crippen LogP contribution in [0.1, 0.15) is 11.5 Å². The van der Waals surface area contributed by atoms with Gasteiger partial charge in [-0.1, -0.05) is 16.5 Å². The van der Waals surface area contributed by atoms with Crippen molar-refractivity contribution in [1.82, 2.24) is 20.1 Å². The van der Waals surface area contributed by atoms with Gasteiger partial charge in [0, 0.05) is 11.9 Å². The second-order valence-electron chi connectivity index (χ2n) is 6.22. The second kappa shape index (κ2) is 6.53. The third-order valence-corrected chi connectivity index (χ3v) is 5.98. The fraction of sp³-hybridized carbons (Fsp3) is 0.176. The molecule has 3 heterocycles. The molecule has 0 radical (unpaired) electrons. The summed E-state index contributed by atoms with van der Waals surface area (Å²) in [5.41, 5.74) is 8.44. The molecule has 0 amide bonds. The molecular weight excluding hydrogens is 400 g/mol. The van der Waals surface area contributed by atoms with E-state index in [4.69, 9.17) is 10.3 Å². The predicted molar refractivity (Wildman–Crippen MR) is 107 cm³/mol. The van der Waals surface area contributed by atoms with E-state index < -0.39 is 9.84 Å². The molecule has 0 saturated carbocycles. The van der Waals surface area contributed by atoms with E-state index in [0.717, 1.165) is 6.26 Å². The van der Waals surface area contributed by atoms with E-state index in [0.29, 0.717) is 49.8 Å². The van der Waals surface area contributed by atoms with Crippen LogP contribution in [-0.2, 0) is 9.84 Å². The Bertz CT molecular complexity index is 1270. The Kier molecular flexibility index (Phi) is 4.27. The van der Waals surface area contributed by atoms with Crippen LogP contribution in [0.15, 0.2) is 33.7 Å². The lowest BCUT2D eigenvalue weighted by Crippen LogP contribution is -2.01. The van der Waals surface area contributed by atoms with Gasteiger partial charge in [-0.15, -0.1) is 0 Å². The standard InChI is InChI=1S/C17H16N6O3S2/c1-8-12(9(2)26-23-8)14-21-15(13-16(22-14)27-17(18)20-13)19-10-4-6-11(7-5-10)28(3,24)25/h4-7H,1-3H3,(H2,18,20)(H,19,21,22). The number of anilines is 3. The monoisotopic (exact) mass is 416 g/mol. The summed E-state index contributed by atoms with van der Waals surface area (Å²) in [7, 11) is -3.27. The maximum atomic E-state index is 11.6. The van der Waals surface area contributed by atoms with Crippen molar-refractivity contribution in [3.05, 3.63) is 35.7 Å². The molecule has 3 N–H and O–H groups in total. The highest BCUT2D eigenvalue weighted by molar-refractivity contribution is 7.90. The van der Waals surface area contributed by atoms with E-state index in [-0.39, 0.29) is 4.90 Å². The Labute approximate surface area is 164 Å². The van der Waals surface area contributed by atoms with Crippen LogP contribution in [0.2, 0.25) is 0 Å². The quantitative estimate of drug-likeness (QED) is 0.514. The summed E-state index contributed by atoms with van der Waals surface area (Å²) in [6.07, 6.45) is 1.16. The van der Waals surface area contributed by atoms with Crippen molar-refractivity contribution < 1.29 is 12.9 Å². The van der Waals surface area contributed by atoms with Crippen molar-refractivity contribution in [2.75, 3.05) is 17.3 Å². The maximum absolute atomic E-state index is 11.6. The SMILES string of the molecule is Cc1noc(C)c1-c1nc(Nc2ccc(S(C)(=O)=O)cc2)c2nc(N)sc2n1. The number of nitrogens with one attached hydrogen (secondary N) is 1. The van der Waals surface area contributed by atoms with Gasteiger partial charge in [-0.3, -0.25) is 0 Å². The zero-order valence-corrected chi connectivity index (χ0v) is 16.8. The van der Waals surface area contributed by atoms with Crippen molar-refractivity contribution in [1.29, 1.82) is 0 Å². The molecule has 28 heavy (non-hydrogen) atoms. The zero-order chi connectivity index (χ0) is 20.1. The summed E-state index contributed by atoms with van der Waals surface area (Å²) in [6.45, 7) is 3.61. The van der Waals surface area contributed by atoms with Crippen LogP contribution in [-0.4, -0.2) is 34.8 Å².